The molecule has 3 aromatic rings. The van der Waals surface area contributed by atoms with Crippen LogP contribution < -0.4 is 0 Å². The Morgan fingerprint density at radius 2 is 1.62 bits per heavy atom. The van der Waals surface area contributed by atoms with E-state index in [0.29, 0.717) is 5.92 Å². The molecular weight excluding hydrogens is 428 g/mol. The van der Waals surface area contributed by atoms with Crippen LogP contribution in [-0.2, 0) is 21.7 Å². The van der Waals surface area contributed by atoms with Crippen LogP contribution in [0.5, 0.6) is 0 Å². The zero-order chi connectivity index (χ0) is 17.9. The van der Waals surface area contributed by atoms with Crippen molar-refractivity contribution < 1.29 is 15.1 Å². The molecule has 132 valence electrons. The van der Waals surface area contributed by atoms with E-state index < -0.39 is 0 Å². The van der Waals surface area contributed by atoms with Crippen molar-refractivity contribution in [1.82, 2.24) is 9.55 Å². The molecule has 0 saturated carbocycles. The minimum absolute atomic E-state index is 0.346. The Balaban J connectivity index is 0.000000208. The summed E-state index contributed by atoms with van der Waals surface area (Å²) < 4.78 is 2.13. The molecule has 0 unspecified atom stereocenters. The van der Waals surface area contributed by atoms with E-state index in [-0.39, 0.29) is 15.1 Å². The Kier molecular flexibility index (Phi) is 10.3. The second-order valence-corrected chi connectivity index (χ2v) is 8.27. The fraction of sp³-hybridized carbons (Fsp3) is 0.316. The second-order valence-electron chi connectivity index (χ2n) is 5.64. The molecule has 5 heteroatoms. The van der Waals surface area contributed by atoms with Gasteiger partial charge in [0, 0.05) is 6.54 Å². The van der Waals surface area contributed by atoms with Gasteiger partial charge in [0.1, 0.15) is 0 Å². The van der Waals surface area contributed by atoms with Gasteiger partial charge in [-0.3, -0.25) is 0 Å². The number of nitrogens with zero attached hydrogens (tertiary/aromatic N) is 2. The van der Waals surface area contributed by atoms with Gasteiger partial charge in [-0.2, -0.15) is 0 Å². The Morgan fingerprint density at radius 3 is 2.17 bits per heavy atom. The van der Waals surface area contributed by atoms with Crippen molar-refractivity contribution in [3.05, 3.63) is 66.0 Å². The van der Waals surface area contributed by atoms with Gasteiger partial charge < -0.3 is 4.57 Å². The van der Waals surface area contributed by atoms with Crippen LogP contribution in [0.3, 0.4) is 0 Å². The molecule has 0 aliphatic carbocycles. The molecule has 0 aliphatic heterocycles. The number of aryl methyl sites for hydroxylation is 2. The first-order chi connectivity index (χ1) is 11.5. The number of imidazole rings is 1. The van der Waals surface area contributed by atoms with Crippen LogP contribution in [-0.4, -0.2) is 9.55 Å². The van der Waals surface area contributed by atoms with E-state index in [4.69, 9.17) is 19.4 Å². The molecule has 3 rings (SSSR count). The average Bonchev–Trinajstić information content (AvgIpc) is 3.00. The fourth-order valence-electron chi connectivity index (χ4n) is 2.21. The molecule has 2 nitrogen and oxygen atoms in total. The number of rotatable bonds is 2. The molecule has 0 bridgehead atoms. The average molecular weight is 452 g/mol. The van der Waals surface area contributed by atoms with E-state index >= 15 is 0 Å². The van der Waals surface area contributed by atoms with E-state index in [1.165, 1.54) is 16.6 Å². The summed E-state index contributed by atoms with van der Waals surface area (Å²) in [6.45, 7) is 9.65. The summed E-state index contributed by atoms with van der Waals surface area (Å²) in [6.07, 6.45) is 1.88. The molecule has 0 fully saturated rings. The van der Waals surface area contributed by atoms with Crippen molar-refractivity contribution in [2.24, 2.45) is 0 Å². The van der Waals surface area contributed by atoms with Crippen LogP contribution in [0.15, 0.2) is 54.9 Å². The predicted octanol–water partition coefficient (Wildman–Crippen LogP) is 6.55. The Morgan fingerprint density at radius 1 is 1.04 bits per heavy atom. The van der Waals surface area contributed by atoms with Crippen molar-refractivity contribution in [1.29, 1.82) is 0 Å². The zero-order valence-electron chi connectivity index (χ0n) is 14.5. The Hall–Kier alpha value is -0.887. The maximum absolute atomic E-state index is 4.85. The number of aromatic nitrogens is 2. The first-order valence-electron chi connectivity index (χ1n) is 7.85. The van der Waals surface area contributed by atoms with Gasteiger partial charge in [0.25, 0.3) is 0 Å². The van der Waals surface area contributed by atoms with Crippen LogP contribution in [0.25, 0.3) is 11.0 Å². The van der Waals surface area contributed by atoms with E-state index in [0.717, 1.165) is 12.1 Å². The molecular formula is C19H24Cl2N2Ru. The fourth-order valence-corrected chi connectivity index (χ4v) is 2.21. The Bertz CT molecular complexity index is 709. The minimum atomic E-state index is -0.346. The van der Waals surface area contributed by atoms with Crippen LogP contribution in [0.1, 0.15) is 37.8 Å². The molecule has 0 aliphatic rings. The third-order valence-electron chi connectivity index (χ3n) is 3.61. The van der Waals surface area contributed by atoms with Crippen molar-refractivity contribution >= 4 is 30.4 Å². The standard InChI is InChI=1S/C10H14.C9H10N2.2ClH.Ru/c1-8(2)10-6-4-9(3)5-7-10;1-2-11-7-10-8-5-3-4-6-9(8)11;;;/h4-8H,1-3H3;3-7H,2H2,1H3;2*1H;/q;;;;+2/p-2. The maximum atomic E-state index is 4.85. The van der Waals surface area contributed by atoms with Crippen LogP contribution in [0, 0.1) is 6.92 Å². The quantitative estimate of drug-likeness (QED) is 0.403. The van der Waals surface area contributed by atoms with Gasteiger partial charge in [-0.05, 0) is 37.5 Å². The van der Waals surface area contributed by atoms with Gasteiger partial charge in [0.2, 0.25) is 0 Å². The summed E-state index contributed by atoms with van der Waals surface area (Å²) in [6, 6.07) is 16.9. The molecule has 24 heavy (non-hydrogen) atoms. The SMILES string of the molecule is CCn1cnc2ccccc21.Cc1ccc(C(C)C)cc1.[Cl][Ru][Cl]. The molecule has 0 amide bonds. The van der Waals surface area contributed by atoms with Gasteiger partial charge >= 0.3 is 34.5 Å². The molecule has 0 spiro atoms. The first-order valence-corrected chi connectivity index (χ1v) is 12.3. The van der Waals surface area contributed by atoms with Crippen LogP contribution in [0.4, 0.5) is 0 Å². The molecule has 0 radical (unpaired) electrons. The van der Waals surface area contributed by atoms with E-state index in [1.54, 1.807) is 0 Å². The van der Waals surface area contributed by atoms with Crippen LogP contribution in [0.2, 0.25) is 0 Å². The number of fused-ring (bicyclic) bond motifs is 1. The summed E-state index contributed by atoms with van der Waals surface area (Å²) in [4.78, 5) is 4.25. The molecule has 2 aromatic carbocycles. The Labute approximate surface area is 160 Å². The third-order valence-corrected chi connectivity index (χ3v) is 3.61. The molecule has 0 N–H and O–H groups in total. The molecule has 0 saturated heterocycles. The van der Waals surface area contributed by atoms with Gasteiger partial charge in [-0.25, -0.2) is 4.98 Å². The summed E-state index contributed by atoms with van der Waals surface area (Å²) in [5.74, 6) is 0.653. The second kappa shape index (κ2) is 11.6. The van der Waals surface area contributed by atoms with E-state index in [1.807, 2.05) is 24.5 Å². The number of halogens is 2. The monoisotopic (exact) mass is 452 g/mol. The van der Waals surface area contributed by atoms with Crippen molar-refractivity contribution in [2.45, 2.75) is 40.2 Å². The van der Waals surface area contributed by atoms with Crippen LogP contribution >= 0.6 is 19.4 Å². The van der Waals surface area contributed by atoms with Gasteiger partial charge in [-0.1, -0.05) is 55.8 Å². The third kappa shape index (κ3) is 6.93. The predicted molar refractivity (Wildman–Crippen MR) is 102 cm³/mol. The number of hydrogen-bond acceptors (Lipinski definition) is 1. The first kappa shape index (κ1) is 21.2. The van der Waals surface area contributed by atoms with E-state index in [2.05, 4.69) is 67.6 Å². The van der Waals surface area contributed by atoms with Crippen molar-refractivity contribution in [2.75, 3.05) is 0 Å². The number of para-hydroxylation sites is 2. The summed E-state index contributed by atoms with van der Waals surface area (Å²) in [5, 5.41) is 0. The topological polar surface area (TPSA) is 17.8 Å². The number of hydrogen-bond donors (Lipinski definition) is 0. The summed E-state index contributed by atoms with van der Waals surface area (Å²) >= 11 is -0.346. The zero-order valence-corrected chi connectivity index (χ0v) is 17.7. The number of benzene rings is 2. The molecule has 1 aromatic heterocycles. The van der Waals surface area contributed by atoms with Crippen molar-refractivity contribution in [3.8, 4) is 0 Å². The molecule has 1 heterocycles. The van der Waals surface area contributed by atoms with E-state index in [9.17, 15) is 0 Å². The molecule has 0 atom stereocenters. The normalized spacial score (nSPS) is 10.1. The van der Waals surface area contributed by atoms with Gasteiger partial charge in [0.15, 0.2) is 0 Å². The van der Waals surface area contributed by atoms with Gasteiger partial charge in [-0.15, -0.1) is 0 Å². The summed E-state index contributed by atoms with van der Waals surface area (Å²) in [7, 11) is 9.71. The van der Waals surface area contributed by atoms with Crippen molar-refractivity contribution in [3.63, 3.8) is 0 Å². The summed E-state index contributed by atoms with van der Waals surface area (Å²) in [5.41, 5.74) is 5.05. The van der Waals surface area contributed by atoms with Gasteiger partial charge in [0.05, 0.1) is 17.4 Å².